The van der Waals surface area contributed by atoms with Crippen LogP contribution in [0, 0.1) is 0 Å². The van der Waals surface area contributed by atoms with Crippen LogP contribution in [0.1, 0.15) is 33.3 Å². The number of Topliss-reactive ketones (excluding diaryl/α,β-unsaturated/α-hetero) is 1. The molecule has 0 saturated heterocycles. The molecule has 0 radical (unpaired) electrons. The summed E-state index contributed by atoms with van der Waals surface area (Å²) in [7, 11) is 1.61. The van der Waals surface area contributed by atoms with E-state index < -0.39 is 0 Å². The average Bonchev–Trinajstić information content (AvgIpc) is 2.97. The standard InChI is InChI=1S/C16H16O3S/c1-18-12-8-16(20-10-12)14(17)9-15-13-5-3-2-4-11(13)6-7-19-15/h2-5,8,10,15H,6-7,9H2,1H3. The summed E-state index contributed by atoms with van der Waals surface area (Å²) in [5, 5.41) is 1.85. The molecule has 0 fully saturated rings. The van der Waals surface area contributed by atoms with E-state index in [-0.39, 0.29) is 11.9 Å². The zero-order valence-electron chi connectivity index (χ0n) is 11.3. The highest BCUT2D eigenvalue weighted by Crippen LogP contribution is 2.32. The summed E-state index contributed by atoms with van der Waals surface area (Å²) in [6.07, 6.45) is 1.19. The Morgan fingerprint density at radius 1 is 1.45 bits per heavy atom. The molecule has 2 heterocycles. The van der Waals surface area contributed by atoms with Crippen molar-refractivity contribution in [3.8, 4) is 5.75 Å². The number of ether oxygens (including phenoxy) is 2. The van der Waals surface area contributed by atoms with Gasteiger partial charge in [-0.1, -0.05) is 24.3 Å². The van der Waals surface area contributed by atoms with E-state index in [2.05, 4.69) is 12.1 Å². The van der Waals surface area contributed by atoms with E-state index in [0.29, 0.717) is 13.0 Å². The molecule has 4 heteroatoms. The quantitative estimate of drug-likeness (QED) is 0.806. The van der Waals surface area contributed by atoms with Crippen molar-refractivity contribution in [2.45, 2.75) is 18.9 Å². The fourth-order valence-corrected chi connectivity index (χ4v) is 3.29. The van der Waals surface area contributed by atoms with Crippen molar-refractivity contribution in [3.63, 3.8) is 0 Å². The molecule has 0 spiro atoms. The molecule has 0 aliphatic carbocycles. The average molecular weight is 288 g/mol. The molecule has 3 nitrogen and oxygen atoms in total. The van der Waals surface area contributed by atoms with Gasteiger partial charge in [-0.15, -0.1) is 11.3 Å². The van der Waals surface area contributed by atoms with Crippen LogP contribution in [0.3, 0.4) is 0 Å². The van der Waals surface area contributed by atoms with Gasteiger partial charge in [-0.2, -0.15) is 0 Å². The molecule has 104 valence electrons. The molecule has 0 bridgehead atoms. The number of thiophene rings is 1. The predicted molar refractivity (Wildman–Crippen MR) is 78.7 cm³/mol. The Hall–Kier alpha value is -1.65. The molecule has 1 atom stereocenters. The van der Waals surface area contributed by atoms with Crippen molar-refractivity contribution >= 4 is 17.1 Å². The van der Waals surface area contributed by atoms with E-state index in [1.165, 1.54) is 16.9 Å². The maximum Gasteiger partial charge on any atom is 0.175 e. The Balaban J connectivity index is 1.77. The van der Waals surface area contributed by atoms with Gasteiger partial charge >= 0.3 is 0 Å². The fourth-order valence-electron chi connectivity index (χ4n) is 2.49. The van der Waals surface area contributed by atoms with Crippen molar-refractivity contribution in [2.24, 2.45) is 0 Å². The molecular weight excluding hydrogens is 272 g/mol. The normalized spacial score (nSPS) is 17.6. The van der Waals surface area contributed by atoms with Crippen LogP contribution in [0.5, 0.6) is 5.75 Å². The molecule has 1 unspecified atom stereocenters. The smallest absolute Gasteiger partial charge is 0.175 e. The summed E-state index contributed by atoms with van der Waals surface area (Å²) in [5.41, 5.74) is 2.44. The molecule has 0 N–H and O–H groups in total. The number of hydrogen-bond donors (Lipinski definition) is 0. The van der Waals surface area contributed by atoms with Crippen molar-refractivity contribution in [3.05, 3.63) is 51.7 Å². The van der Waals surface area contributed by atoms with Gasteiger partial charge in [0.15, 0.2) is 5.78 Å². The second kappa shape index (κ2) is 5.77. The number of benzene rings is 1. The van der Waals surface area contributed by atoms with Gasteiger partial charge in [0.2, 0.25) is 0 Å². The molecule has 0 amide bonds. The first-order valence-electron chi connectivity index (χ1n) is 6.63. The van der Waals surface area contributed by atoms with Crippen LogP contribution >= 0.6 is 11.3 Å². The van der Waals surface area contributed by atoms with Crippen molar-refractivity contribution in [1.82, 2.24) is 0 Å². The third-order valence-corrected chi connectivity index (χ3v) is 4.50. The van der Waals surface area contributed by atoms with Gasteiger partial charge in [0.25, 0.3) is 0 Å². The lowest BCUT2D eigenvalue weighted by Gasteiger charge is -2.25. The Morgan fingerprint density at radius 2 is 2.30 bits per heavy atom. The van der Waals surface area contributed by atoms with Crippen molar-refractivity contribution < 1.29 is 14.3 Å². The molecule has 0 saturated carbocycles. The van der Waals surface area contributed by atoms with E-state index in [4.69, 9.17) is 9.47 Å². The molecule has 1 aliphatic rings. The summed E-state index contributed by atoms with van der Waals surface area (Å²) in [6, 6.07) is 10.00. The van der Waals surface area contributed by atoms with E-state index in [1.54, 1.807) is 13.2 Å². The summed E-state index contributed by atoms with van der Waals surface area (Å²) in [6.45, 7) is 0.683. The van der Waals surface area contributed by atoms with Crippen LogP contribution in [0.15, 0.2) is 35.7 Å². The monoisotopic (exact) mass is 288 g/mol. The topological polar surface area (TPSA) is 35.5 Å². The van der Waals surface area contributed by atoms with E-state index in [9.17, 15) is 4.79 Å². The van der Waals surface area contributed by atoms with Gasteiger partial charge in [-0.3, -0.25) is 4.79 Å². The molecular formula is C16H16O3S. The summed E-state index contributed by atoms with van der Waals surface area (Å²) in [5.74, 6) is 0.850. The minimum atomic E-state index is -0.124. The fraction of sp³-hybridized carbons (Fsp3) is 0.312. The summed E-state index contributed by atoms with van der Waals surface area (Å²) >= 11 is 1.42. The van der Waals surface area contributed by atoms with Crippen molar-refractivity contribution in [2.75, 3.05) is 13.7 Å². The van der Waals surface area contributed by atoms with Crippen molar-refractivity contribution in [1.29, 1.82) is 0 Å². The van der Waals surface area contributed by atoms with Crippen LogP contribution in [-0.4, -0.2) is 19.5 Å². The second-order valence-electron chi connectivity index (χ2n) is 4.79. The number of methoxy groups -OCH3 is 1. The summed E-state index contributed by atoms with van der Waals surface area (Å²) < 4.78 is 10.9. The van der Waals surface area contributed by atoms with Crippen LogP contribution in [0.2, 0.25) is 0 Å². The minimum Gasteiger partial charge on any atom is -0.496 e. The van der Waals surface area contributed by atoms with E-state index in [1.807, 2.05) is 17.5 Å². The Bertz CT molecular complexity index is 618. The third kappa shape index (κ3) is 2.62. The number of carbonyl (C=O) groups excluding carboxylic acids is 1. The third-order valence-electron chi connectivity index (χ3n) is 3.55. The lowest BCUT2D eigenvalue weighted by Crippen LogP contribution is -2.18. The molecule has 20 heavy (non-hydrogen) atoms. The first-order chi connectivity index (χ1) is 9.78. The molecule has 1 aromatic heterocycles. The number of carbonyl (C=O) groups is 1. The maximum atomic E-state index is 12.3. The van der Waals surface area contributed by atoms with Crippen LogP contribution < -0.4 is 4.74 Å². The predicted octanol–water partition coefficient (Wildman–Crippen LogP) is 3.64. The zero-order chi connectivity index (χ0) is 13.9. The number of rotatable bonds is 4. The number of fused-ring (bicyclic) bond motifs is 1. The van der Waals surface area contributed by atoms with Gasteiger partial charge < -0.3 is 9.47 Å². The Morgan fingerprint density at radius 3 is 3.10 bits per heavy atom. The second-order valence-corrected chi connectivity index (χ2v) is 5.70. The van der Waals surface area contributed by atoms with Gasteiger partial charge in [-0.25, -0.2) is 0 Å². The highest BCUT2D eigenvalue weighted by molar-refractivity contribution is 7.12. The zero-order valence-corrected chi connectivity index (χ0v) is 12.1. The molecule has 1 aliphatic heterocycles. The maximum absolute atomic E-state index is 12.3. The van der Waals surface area contributed by atoms with E-state index >= 15 is 0 Å². The minimum absolute atomic E-state index is 0.111. The lowest BCUT2D eigenvalue weighted by molar-refractivity contribution is 0.0353. The Labute approximate surface area is 122 Å². The van der Waals surface area contributed by atoms with Crippen LogP contribution in [0.4, 0.5) is 0 Å². The molecule has 2 aromatic rings. The SMILES string of the molecule is COc1csc(C(=O)CC2OCCc3ccccc32)c1. The molecule has 1 aromatic carbocycles. The van der Waals surface area contributed by atoms with Gasteiger partial charge in [0, 0.05) is 17.9 Å². The largest absolute Gasteiger partial charge is 0.496 e. The number of ketones is 1. The first-order valence-corrected chi connectivity index (χ1v) is 7.51. The first kappa shape index (κ1) is 13.3. The van der Waals surface area contributed by atoms with Gasteiger partial charge in [0.1, 0.15) is 5.75 Å². The van der Waals surface area contributed by atoms with E-state index in [0.717, 1.165) is 22.6 Å². The molecule has 3 rings (SSSR count). The number of hydrogen-bond acceptors (Lipinski definition) is 4. The Kier molecular flexibility index (Phi) is 3.85. The van der Waals surface area contributed by atoms with Crippen LogP contribution in [0.25, 0.3) is 0 Å². The van der Waals surface area contributed by atoms with Gasteiger partial charge in [0.05, 0.1) is 24.7 Å². The van der Waals surface area contributed by atoms with Crippen LogP contribution in [-0.2, 0) is 11.2 Å². The lowest BCUT2D eigenvalue weighted by atomic mass is 9.94. The highest BCUT2D eigenvalue weighted by Gasteiger charge is 2.24. The summed E-state index contributed by atoms with van der Waals surface area (Å²) in [4.78, 5) is 13.1. The van der Waals surface area contributed by atoms with Gasteiger partial charge in [-0.05, 0) is 17.5 Å². The highest BCUT2D eigenvalue weighted by atomic mass is 32.1.